The number of aliphatic hydroxyl groups excluding tert-OH is 1. The summed E-state index contributed by atoms with van der Waals surface area (Å²) in [6, 6.07) is 0. The first-order valence-corrected chi connectivity index (χ1v) is 7.11. The molecule has 0 unspecified atom stereocenters. The number of hydrogen-bond donors (Lipinski definition) is 2. The van der Waals surface area contributed by atoms with Crippen LogP contribution in [0.1, 0.15) is 43.1 Å². The van der Waals surface area contributed by atoms with E-state index in [1.807, 2.05) is 0 Å². The molecule has 0 saturated carbocycles. The predicted molar refractivity (Wildman–Crippen MR) is 78.7 cm³/mol. The molecule has 1 amide bonds. The second-order valence-corrected chi connectivity index (χ2v) is 4.72. The van der Waals surface area contributed by atoms with Crippen LogP contribution in [-0.4, -0.2) is 52.6 Å². The van der Waals surface area contributed by atoms with Crippen molar-refractivity contribution in [3.05, 3.63) is 18.1 Å². The van der Waals surface area contributed by atoms with E-state index in [0.29, 0.717) is 18.1 Å². The molecule has 0 aromatic carbocycles. The maximum Gasteiger partial charge on any atom is 0.273 e. The van der Waals surface area contributed by atoms with Gasteiger partial charge < -0.3 is 15.3 Å². The van der Waals surface area contributed by atoms with Crippen molar-refractivity contribution in [2.75, 3.05) is 32.1 Å². The summed E-state index contributed by atoms with van der Waals surface area (Å²) in [6.07, 6.45) is 6.68. The van der Waals surface area contributed by atoms with E-state index in [9.17, 15) is 4.79 Å². The van der Waals surface area contributed by atoms with Crippen molar-refractivity contribution in [1.29, 1.82) is 0 Å². The van der Waals surface area contributed by atoms with Crippen molar-refractivity contribution in [2.24, 2.45) is 0 Å². The van der Waals surface area contributed by atoms with E-state index in [2.05, 4.69) is 22.2 Å². The number of nitrogens with one attached hydrogen (secondary N) is 1. The standard InChI is InChI=1S/C14H24N4O2/c1-3-7-15-13-11-16-12(10-17-13)14(20)18(2)8-5-4-6-9-19/h10-11,19H,3-9H2,1-2H3,(H,15,17). The zero-order valence-electron chi connectivity index (χ0n) is 12.3. The minimum atomic E-state index is -0.122. The summed E-state index contributed by atoms with van der Waals surface area (Å²) >= 11 is 0. The zero-order valence-corrected chi connectivity index (χ0v) is 12.3. The van der Waals surface area contributed by atoms with Gasteiger partial charge in [0.2, 0.25) is 0 Å². The smallest absolute Gasteiger partial charge is 0.273 e. The van der Waals surface area contributed by atoms with Crippen molar-refractivity contribution in [1.82, 2.24) is 14.9 Å². The zero-order chi connectivity index (χ0) is 14.8. The maximum absolute atomic E-state index is 12.1. The Bertz CT molecular complexity index is 395. The highest BCUT2D eigenvalue weighted by Gasteiger charge is 2.13. The molecule has 0 radical (unpaired) electrons. The Kier molecular flexibility index (Phi) is 7.57. The molecule has 0 saturated heterocycles. The van der Waals surface area contributed by atoms with Gasteiger partial charge in [-0.1, -0.05) is 6.92 Å². The first-order chi connectivity index (χ1) is 9.69. The van der Waals surface area contributed by atoms with Crippen LogP contribution in [0, 0.1) is 0 Å². The Balaban J connectivity index is 2.45. The van der Waals surface area contributed by atoms with Gasteiger partial charge in [-0.05, 0) is 25.7 Å². The van der Waals surface area contributed by atoms with Gasteiger partial charge in [0, 0.05) is 26.7 Å². The summed E-state index contributed by atoms with van der Waals surface area (Å²) in [6.45, 7) is 3.78. The molecule has 0 aliphatic carbocycles. The van der Waals surface area contributed by atoms with Gasteiger partial charge in [-0.25, -0.2) is 9.97 Å². The Morgan fingerprint density at radius 1 is 1.30 bits per heavy atom. The van der Waals surface area contributed by atoms with Crippen LogP contribution in [0.15, 0.2) is 12.4 Å². The molecule has 0 spiro atoms. The molecule has 6 nitrogen and oxygen atoms in total. The third kappa shape index (κ3) is 5.52. The SMILES string of the molecule is CCCNc1cnc(C(=O)N(C)CCCCCO)cn1. The molecule has 1 rings (SSSR count). The van der Waals surface area contributed by atoms with Gasteiger partial charge in [-0.2, -0.15) is 0 Å². The molecule has 2 N–H and O–H groups in total. The van der Waals surface area contributed by atoms with Crippen LogP contribution in [0.4, 0.5) is 5.82 Å². The minimum absolute atomic E-state index is 0.122. The summed E-state index contributed by atoms with van der Waals surface area (Å²) in [4.78, 5) is 22.0. The molecule has 112 valence electrons. The molecule has 0 aliphatic heterocycles. The van der Waals surface area contributed by atoms with Gasteiger partial charge in [0.05, 0.1) is 12.4 Å². The fourth-order valence-electron chi connectivity index (χ4n) is 1.72. The quantitative estimate of drug-likeness (QED) is 0.671. The lowest BCUT2D eigenvalue weighted by molar-refractivity contribution is 0.0786. The summed E-state index contributed by atoms with van der Waals surface area (Å²) in [5, 5.41) is 11.8. The number of amides is 1. The summed E-state index contributed by atoms with van der Waals surface area (Å²) in [7, 11) is 1.76. The van der Waals surface area contributed by atoms with E-state index >= 15 is 0 Å². The van der Waals surface area contributed by atoms with Crippen molar-refractivity contribution in [2.45, 2.75) is 32.6 Å². The molecule has 1 aromatic heterocycles. The lowest BCUT2D eigenvalue weighted by atomic mass is 10.2. The molecule has 0 aliphatic rings. The topological polar surface area (TPSA) is 78.4 Å². The average Bonchev–Trinajstić information content (AvgIpc) is 2.49. The van der Waals surface area contributed by atoms with Crippen LogP contribution < -0.4 is 5.32 Å². The molecule has 1 aromatic rings. The number of aromatic nitrogens is 2. The molecule has 1 heterocycles. The fraction of sp³-hybridized carbons (Fsp3) is 0.643. The number of aliphatic hydroxyl groups is 1. The van der Waals surface area contributed by atoms with Crippen molar-refractivity contribution in [3.63, 3.8) is 0 Å². The summed E-state index contributed by atoms with van der Waals surface area (Å²) < 4.78 is 0. The maximum atomic E-state index is 12.1. The van der Waals surface area contributed by atoms with Gasteiger partial charge in [0.15, 0.2) is 0 Å². The van der Waals surface area contributed by atoms with Crippen molar-refractivity contribution < 1.29 is 9.90 Å². The first-order valence-electron chi connectivity index (χ1n) is 7.11. The molecule has 20 heavy (non-hydrogen) atoms. The van der Waals surface area contributed by atoms with E-state index in [1.54, 1.807) is 18.1 Å². The van der Waals surface area contributed by atoms with Gasteiger partial charge in [-0.15, -0.1) is 0 Å². The van der Waals surface area contributed by atoms with Crippen LogP contribution in [0.5, 0.6) is 0 Å². The third-order valence-electron chi connectivity index (χ3n) is 2.93. The number of nitrogens with zero attached hydrogens (tertiary/aromatic N) is 3. The molecular weight excluding hydrogens is 256 g/mol. The second kappa shape index (κ2) is 9.25. The third-order valence-corrected chi connectivity index (χ3v) is 2.93. The number of carbonyl (C=O) groups is 1. The average molecular weight is 280 g/mol. The predicted octanol–water partition coefficient (Wildman–Crippen LogP) is 1.53. The number of hydrogen-bond acceptors (Lipinski definition) is 5. The lowest BCUT2D eigenvalue weighted by Crippen LogP contribution is -2.28. The minimum Gasteiger partial charge on any atom is -0.396 e. The normalized spacial score (nSPS) is 10.3. The van der Waals surface area contributed by atoms with Crippen molar-refractivity contribution in [3.8, 4) is 0 Å². The van der Waals surface area contributed by atoms with Crippen LogP contribution in [0.25, 0.3) is 0 Å². The Hall–Kier alpha value is -1.69. The highest BCUT2D eigenvalue weighted by Crippen LogP contribution is 2.05. The number of rotatable bonds is 9. The lowest BCUT2D eigenvalue weighted by Gasteiger charge is -2.16. The van der Waals surface area contributed by atoms with E-state index in [-0.39, 0.29) is 12.5 Å². The Morgan fingerprint density at radius 3 is 2.70 bits per heavy atom. The van der Waals surface area contributed by atoms with Gasteiger partial charge in [0.1, 0.15) is 11.5 Å². The number of unbranched alkanes of at least 4 members (excludes halogenated alkanes) is 2. The second-order valence-electron chi connectivity index (χ2n) is 4.72. The molecule has 6 heteroatoms. The molecular formula is C14H24N4O2. The monoisotopic (exact) mass is 280 g/mol. The first kappa shape index (κ1) is 16.4. The summed E-state index contributed by atoms with van der Waals surface area (Å²) in [5.41, 5.74) is 0.358. The fourth-order valence-corrected chi connectivity index (χ4v) is 1.72. The Morgan fingerprint density at radius 2 is 2.10 bits per heavy atom. The van der Waals surface area contributed by atoms with Gasteiger partial charge in [-0.3, -0.25) is 4.79 Å². The number of carbonyl (C=O) groups excluding carboxylic acids is 1. The number of anilines is 1. The van der Waals surface area contributed by atoms with Crippen LogP contribution in [0.3, 0.4) is 0 Å². The highest BCUT2D eigenvalue weighted by molar-refractivity contribution is 5.91. The van der Waals surface area contributed by atoms with E-state index < -0.39 is 0 Å². The van der Waals surface area contributed by atoms with Crippen LogP contribution in [0.2, 0.25) is 0 Å². The summed E-state index contributed by atoms with van der Waals surface area (Å²) in [5.74, 6) is 0.567. The van der Waals surface area contributed by atoms with E-state index in [1.165, 1.54) is 6.20 Å². The van der Waals surface area contributed by atoms with Crippen LogP contribution in [-0.2, 0) is 0 Å². The van der Waals surface area contributed by atoms with E-state index in [4.69, 9.17) is 5.11 Å². The Labute approximate surface area is 120 Å². The van der Waals surface area contributed by atoms with Gasteiger partial charge in [0.25, 0.3) is 5.91 Å². The molecule has 0 fully saturated rings. The van der Waals surface area contributed by atoms with Crippen LogP contribution >= 0.6 is 0 Å². The van der Waals surface area contributed by atoms with Gasteiger partial charge >= 0.3 is 0 Å². The molecule has 0 atom stereocenters. The van der Waals surface area contributed by atoms with E-state index in [0.717, 1.165) is 32.2 Å². The molecule has 0 bridgehead atoms. The highest BCUT2D eigenvalue weighted by atomic mass is 16.2. The van der Waals surface area contributed by atoms with Crippen molar-refractivity contribution >= 4 is 11.7 Å². The largest absolute Gasteiger partial charge is 0.396 e.